The van der Waals surface area contributed by atoms with Crippen LogP contribution in [0.1, 0.15) is 22.1 Å². The third-order valence-corrected chi connectivity index (χ3v) is 3.87. The summed E-state index contributed by atoms with van der Waals surface area (Å²) in [4.78, 5) is 29.5. The first kappa shape index (κ1) is 17.7. The maximum Gasteiger partial charge on any atom is 0.251 e. The van der Waals surface area contributed by atoms with Gasteiger partial charge in [0.2, 0.25) is 6.41 Å². The summed E-state index contributed by atoms with van der Waals surface area (Å²) in [6.07, 6.45) is 1.76. The lowest BCUT2D eigenvalue weighted by Crippen LogP contribution is -2.31. The topological polar surface area (TPSA) is 95.6 Å². The average Bonchev–Trinajstić information content (AvgIpc) is 3.05. The van der Waals surface area contributed by atoms with Crippen LogP contribution < -0.4 is 20.7 Å². The minimum atomic E-state index is -0.485. The predicted molar refractivity (Wildman–Crippen MR) is 98.2 cm³/mol. The van der Waals surface area contributed by atoms with E-state index in [-0.39, 0.29) is 5.91 Å². The lowest BCUT2D eigenvalue weighted by molar-refractivity contribution is -0.105. The smallest absolute Gasteiger partial charge is 0.251 e. The van der Waals surface area contributed by atoms with Gasteiger partial charge in [-0.3, -0.25) is 9.59 Å². The molecular formula is C18H21N5O3. The number of fused-ring (bicyclic) bond motifs is 1. The molecule has 8 heteroatoms. The number of ether oxygens (including phenoxy) is 1. The van der Waals surface area contributed by atoms with Crippen molar-refractivity contribution in [1.29, 1.82) is 0 Å². The van der Waals surface area contributed by atoms with E-state index in [0.29, 0.717) is 41.3 Å². The van der Waals surface area contributed by atoms with Crippen LogP contribution in [-0.4, -0.2) is 49.4 Å². The van der Waals surface area contributed by atoms with Crippen molar-refractivity contribution in [2.24, 2.45) is 0 Å². The fourth-order valence-corrected chi connectivity index (χ4v) is 2.61. The predicted octanol–water partition coefficient (Wildman–Crippen LogP) is 1.44. The highest BCUT2D eigenvalue weighted by Crippen LogP contribution is 2.36. The summed E-state index contributed by atoms with van der Waals surface area (Å²) < 4.78 is 5.85. The number of nitrogens with one attached hydrogen (secondary N) is 3. The molecule has 1 aromatic heterocycles. The third kappa shape index (κ3) is 4.09. The first-order valence-electron chi connectivity index (χ1n) is 8.23. The Balaban J connectivity index is 1.81. The van der Waals surface area contributed by atoms with Gasteiger partial charge in [-0.25, -0.2) is 4.98 Å². The molecule has 26 heavy (non-hydrogen) atoms. The van der Waals surface area contributed by atoms with Crippen LogP contribution in [-0.2, 0) is 4.79 Å². The molecule has 2 amide bonds. The molecule has 3 N–H and O–H groups in total. The SMILES string of the molecule is CN(C)CCNC(=O)c1cc(NC=O)cc(C2Nc3ncccc3O2)c1. The second-order valence-corrected chi connectivity index (χ2v) is 6.16. The monoisotopic (exact) mass is 355 g/mol. The zero-order valence-electron chi connectivity index (χ0n) is 14.7. The van der Waals surface area contributed by atoms with Crippen molar-refractivity contribution < 1.29 is 14.3 Å². The number of amides is 2. The highest BCUT2D eigenvalue weighted by molar-refractivity contribution is 5.96. The highest BCUT2D eigenvalue weighted by atomic mass is 16.5. The molecule has 0 aliphatic carbocycles. The second-order valence-electron chi connectivity index (χ2n) is 6.16. The van der Waals surface area contributed by atoms with Crippen molar-refractivity contribution in [3.63, 3.8) is 0 Å². The molecule has 0 saturated heterocycles. The Labute approximate surface area is 151 Å². The summed E-state index contributed by atoms with van der Waals surface area (Å²) in [6, 6.07) is 8.73. The summed E-state index contributed by atoms with van der Waals surface area (Å²) >= 11 is 0. The lowest BCUT2D eigenvalue weighted by Gasteiger charge is -2.15. The molecule has 1 aliphatic rings. The molecule has 2 aromatic rings. The van der Waals surface area contributed by atoms with Gasteiger partial charge in [-0.15, -0.1) is 0 Å². The maximum absolute atomic E-state index is 12.4. The van der Waals surface area contributed by atoms with Gasteiger partial charge >= 0.3 is 0 Å². The number of carbonyl (C=O) groups is 2. The first-order valence-corrected chi connectivity index (χ1v) is 8.23. The zero-order valence-corrected chi connectivity index (χ0v) is 14.7. The van der Waals surface area contributed by atoms with Crippen LogP contribution in [0.2, 0.25) is 0 Å². The Morgan fingerprint density at radius 2 is 2.23 bits per heavy atom. The van der Waals surface area contributed by atoms with Gasteiger partial charge < -0.3 is 25.6 Å². The number of pyridine rings is 1. The molecular weight excluding hydrogens is 334 g/mol. The Morgan fingerprint density at radius 3 is 2.96 bits per heavy atom. The molecule has 1 atom stereocenters. The minimum Gasteiger partial charge on any atom is -0.463 e. The molecule has 0 radical (unpaired) electrons. The molecule has 0 saturated carbocycles. The zero-order chi connectivity index (χ0) is 18.5. The van der Waals surface area contributed by atoms with Gasteiger partial charge in [-0.2, -0.15) is 0 Å². The standard InChI is InChI=1S/C18H21N5O3/c1-23(2)7-6-20-17(25)12-8-13(10-14(9-12)21-11-24)18-22-16-15(26-18)4-3-5-19-16/h3-5,8-11,18H,6-7H2,1-2H3,(H,19,22)(H,20,25)(H,21,24). The summed E-state index contributed by atoms with van der Waals surface area (Å²) in [7, 11) is 3.88. The number of hydrogen-bond acceptors (Lipinski definition) is 6. The van der Waals surface area contributed by atoms with Gasteiger partial charge in [-0.05, 0) is 44.4 Å². The molecule has 0 spiro atoms. The molecule has 1 aliphatic heterocycles. The number of hydrogen-bond donors (Lipinski definition) is 3. The number of benzene rings is 1. The Bertz CT molecular complexity index is 784. The fourth-order valence-electron chi connectivity index (χ4n) is 2.61. The lowest BCUT2D eigenvalue weighted by atomic mass is 10.1. The van der Waals surface area contributed by atoms with Gasteiger partial charge in [0.25, 0.3) is 5.91 Å². The van der Waals surface area contributed by atoms with E-state index in [1.807, 2.05) is 25.1 Å². The van der Waals surface area contributed by atoms with Crippen molar-refractivity contribution in [3.05, 3.63) is 47.7 Å². The van der Waals surface area contributed by atoms with Gasteiger partial charge in [0.15, 0.2) is 17.8 Å². The van der Waals surface area contributed by atoms with Crippen LogP contribution in [0.5, 0.6) is 5.75 Å². The third-order valence-electron chi connectivity index (χ3n) is 3.87. The van der Waals surface area contributed by atoms with Crippen molar-refractivity contribution in [1.82, 2.24) is 15.2 Å². The van der Waals surface area contributed by atoms with Crippen LogP contribution >= 0.6 is 0 Å². The Morgan fingerprint density at radius 1 is 1.38 bits per heavy atom. The second kappa shape index (κ2) is 7.83. The van der Waals surface area contributed by atoms with E-state index < -0.39 is 6.23 Å². The van der Waals surface area contributed by atoms with E-state index in [1.54, 1.807) is 30.5 Å². The summed E-state index contributed by atoms with van der Waals surface area (Å²) in [5, 5.41) is 8.62. The van der Waals surface area contributed by atoms with Crippen LogP contribution in [0.15, 0.2) is 36.5 Å². The number of likely N-dealkylation sites (N-methyl/N-ethyl adjacent to an activating group) is 1. The minimum absolute atomic E-state index is 0.212. The maximum atomic E-state index is 12.4. The van der Waals surface area contributed by atoms with E-state index in [2.05, 4.69) is 20.9 Å². The molecule has 2 heterocycles. The number of rotatable bonds is 7. The molecule has 8 nitrogen and oxygen atoms in total. The van der Waals surface area contributed by atoms with Crippen LogP contribution in [0.4, 0.5) is 11.5 Å². The van der Waals surface area contributed by atoms with Gasteiger partial charge in [0.1, 0.15) is 0 Å². The quantitative estimate of drug-likeness (QED) is 0.651. The largest absolute Gasteiger partial charge is 0.463 e. The molecule has 136 valence electrons. The van der Waals surface area contributed by atoms with Crippen molar-refractivity contribution in [2.45, 2.75) is 6.23 Å². The molecule has 1 aromatic carbocycles. The van der Waals surface area contributed by atoms with E-state index in [9.17, 15) is 9.59 Å². The average molecular weight is 355 g/mol. The number of nitrogens with zero attached hydrogens (tertiary/aromatic N) is 2. The van der Waals surface area contributed by atoms with Crippen molar-refractivity contribution in [3.8, 4) is 5.75 Å². The summed E-state index contributed by atoms with van der Waals surface area (Å²) in [5.74, 6) is 1.07. The summed E-state index contributed by atoms with van der Waals surface area (Å²) in [6.45, 7) is 1.26. The van der Waals surface area contributed by atoms with Crippen LogP contribution in [0.3, 0.4) is 0 Å². The van der Waals surface area contributed by atoms with Crippen molar-refractivity contribution in [2.75, 3.05) is 37.8 Å². The van der Waals surface area contributed by atoms with Crippen LogP contribution in [0.25, 0.3) is 0 Å². The highest BCUT2D eigenvalue weighted by Gasteiger charge is 2.25. The summed E-state index contributed by atoms with van der Waals surface area (Å²) in [5.41, 5.74) is 1.68. The molecule has 0 fully saturated rings. The number of anilines is 2. The van der Waals surface area contributed by atoms with E-state index in [1.165, 1.54) is 0 Å². The first-order chi connectivity index (χ1) is 12.6. The number of aromatic nitrogens is 1. The number of carbonyl (C=O) groups excluding carboxylic acids is 2. The molecule has 1 unspecified atom stereocenters. The molecule has 3 rings (SSSR count). The van der Waals surface area contributed by atoms with E-state index in [0.717, 1.165) is 6.54 Å². The van der Waals surface area contributed by atoms with E-state index in [4.69, 9.17) is 4.74 Å². The van der Waals surface area contributed by atoms with Crippen LogP contribution in [0, 0.1) is 0 Å². The fraction of sp³-hybridized carbons (Fsp3) is 0.278. The normalized spacial score (nSPS) is 15.0. The Hall–Kier alpha value is -3.13. The molecule has 0 bridgehead atoms. The van der Waals surface area contributed by atoms with Crippen molar-refractivity contribution >= 4 is 23.8 Å². The Kier molecular flexibility index (Phi) is 5.33. The van der Waals surface area contributed by atoms with Gasteiger partial charge in [0.05, 0.1) is 0 Å². The van der Waals surface area contributed by atoms with Gasteiger partial charge in [-0.1, -0.05) is 0 Å². The van der Waals surface area contributed by atoms with Gasteiger partial charge in [0, 0.05) is 36.1 Å². The van der Waals surface area contributed by atoms with E-state index >= 15 is 0 Å².